The molecule has 15 heteroatoms. The Hall–Kier alpha value is -2.94. The molecule has 0 radical (unpaired) electrons. The Morgan fingerprint density at radius 2 is 1.79 bits per heavy atom. The molecule has 1 atom stereocenters. The van der Waals surface area contributed by atoms with Gasteiger partial charge in [0.05, 0.1) is 33.8 Å². The number of thiazole rings is 1. The summed E-state index contributed by atoms with van der Waals surface area (Å²) in [6.45, 7) is 2.63. The van der Waals surface area contributed by atoms with Crippen molar-refractivity contribution in [3.05, 3.63) is 92.5 Å². The monoisotopic (exact) mass is 750 g/mol. The first kappa shape index (κ1) is 32.0. The highest BCUT2D eigenvalue weighted by Crippen LogP contribution is 2.39. The number of hydrogen-bond donors (Lipinski definition) is 0. The molecule has 2 heterocycles. The summed E-state index contributed by atoms with van der Waals surface area (Å²) in [6, 6.07) is 7.48. The number of ether oxygens (including phenoxy) is 3. The number of hydrogen-bond acceptors (Lipinski definition) is 8. The maximum absolute atomic E-state index is 14.3. The van der Waals surface area contributed by atoms with E-state index in [1.54, 1.807) is 19.1 Å². The van der Waals surface area contributed by atoms with Crippen LogP contribution in [0.5, 0.6) is 5.75 Å². The van der Waals surface area contributed by atoms with E-state index in [0.29, 0.717) is 30.9 Å². The summed E-state index contributed by atoms with van der Waals surface area (Å²) in [6.07, 6.45) is -3.63. The number of esters is 2. The molecule has 0 spiro atoms. The minimum Gasteiger partial charge on any atom is -0.480 e. The molecule has 0 bridgehead atoms. The van der Waals surface area contributed by atoms with Crippen molar-refractivity contribution in [2.45, 2.75) is 26.1 Å². The molecule has 222 valence electrons. The van der Waals surface area contributed by atoms with Gasteiger partial charge in [0.15, 0.2) is 17.1 Å². The van der Waals surface area contributed by atoms with Crippen LogP contribution in [0.3, 0.4) is 0 Å². The van der Waals surface area contributed by atoms with Gasteiger partial charge in [-0.05, 0) is 65.7 Å². The molecule has 0 saturated carbocycles. The predicted molar refractivity (Wildman–Crippen MR) is 156 cm³/mol. The fourth-order valence-electron chi connectivity index (χ4n) is 4.12. The Labute approximate surface area is 262 Å². The molecule has 0 saturated heterocycles. The first-order valence-corrected chi connectivity index (χ1v) is 15.0. The van der Waals surface area contributed by atoms with Crippen LogP contribution < -0.4 is 19.6 Å². The summed E-state index contributed by atoms with van der Waals surface area (Å²) in [5.41, 5.74) is -2.48. The number of carbonyl (C=O) groups is 2. The van der Waals surface area contributed by atoms with Crippen molar-refractivity contribution >= 4 is 72.8 Å². The van der Waals surface area contributed by atoms with E-state index in [9.17, 15) is 27.6 Å². The van der Waals surface area contributed by atoms with E-state index >= 15 is 0 Å². The lowest BCUT2D eigenvalue weighted by Gasteiger charge is -2.26. The van der Waals surface area contributed by atoms with E-state index in [2.05, 4.69) is 36.9 Å². The molecule has 42 heavy (non-hydrogen) atoms. The van der Waals surface area contributed by atoms with Crippen LogP contribution in [0.15, 0.2) is 66.4 Å². The fraction of sp³-hybridized carbons (Fsp3) is 0.259. The summed E-state index contributed by atoms with van der Waals surface area (Å²) in [7, 11) is 0. The van der Waals surface area contributed by atoms with Crippen molar-refractivity contribution in [3.63, 3.8) is 0 Å². The molecule has 1 aromatic heterocycles. The maximum Gasteiger partial charge on any atom is 0.434 e. The number of allylic oxidation sites excluding steroid dienone is 1. The third-order valence-electron chi connectivity index (χ3n) is 5.74. The molecule has 2 aromatic carbocycles. The normalized spacial score (nSPS) is 15.2. The number of benzene rings is 2. The molecule has 4 rings (SSSR count). The van der Waals surface area contributed by atoms with E-state index < -0.39 is 47.6 Å². The van der Waals surface area contributed by atoms with Gasteiger partial charge < -0.3 is 14.2 Å². The zero-order valence-electron chi connectivity index (χ0n) is 21.8. The van der Waals surface area contributed by atoms with Crippen molar-refractivity contribution in [2.75, 3.05) is 19.8 Å². The number of alkyl halides is 3. The highest BCUT2D eigenvalue weighted by atomic mass is 79.9. The van der Waals surface area contributed by atoms with E-state index in [1.807, 2.05) is 0 Å². The molecule has 3 aromatic rings. The molecular formula is C27H20Br2ClF3N2O6S. The second-order valence-corrected chi connectivity index (χ2v) is 11.7. The number of rotatable bonds is 8. The number of aromatic nitrogens is 1. The number of carbonyl (C=O) groups excluding carboxylic acids is 2. The van der Waals surface area contributed by atoms with Crippen molar-refractivity contribution in [3.8, 4) is 5.75 Å². The first-order valence-electron chi connectivity index (χ1n) is 12.2. The van der Waals surface area contributed by atoms with Crippen LogP contribution in [0.2, 0.25) is 5.02 Å². The highest BCUT2D eigenvalue weighted by molar-refractivity contribution is 9.11. The summed E-state index contributed by atoms with van der Waals surface area (Å²) in [5, 5.41) is 0.305. The van der Waals surface area contributed by atoms with Crippen LogP contribution in [0.4, 0.5) is 13.2 Å². The summed E-state index contributed by atoms with van der Waals surface area (Å²) in [4.78, 5) is 42.2. The minimum atomic E-state index is -5.04. The zero-order valence-corrected chi connectivity index (χ0v) is 26.5. The van der Waals surface area contributed by atoms with E-state index in [1.165, 1.54) is 37.3 Å². The minimum absolute atomic E-state index is 0.00895. The van der Waals surface area contributed by atoms with E-state index in [0.717, 1.165) is 4.57 Å². The highest BCUT2D eigenvalue weighted by Gasteiger charge is 2.45. The third kappa shape index (κ3) is 6.82. The maximum atomic E-state index is 14.3. The van der Waals surface area contributed by atoms with Gasteiger partial charge in [0.25, 0.3) is 5.56 Å². The lowest BCUT2D eigenvalue weighted by Crippen LogP contribution is -2.41. The molecule has 0 fully saturated rings. The second-order valence-electron chi connectivity index (χ2n) is 8.51. The Morgan fingerprint density at radius 3 is 2.40 bits per heavy atom. The Kier molecular flexibility index (Phi) is 10.0. The van der Waals surface area contributed by atoms with Gasteiger partial charge in [-0.15, -0.1) is 0 Å². The molecule has 1 aliphatic rings. The summed E-state index contributed by atoms with van der Waals surface area (Å²) in [5.74, 6) is -1.69. The second kappa shape index (κ2) is 13.1. The fourth-order valence-corrected chi connectivity index (χ4v) is 6.61. The molecular weight excluding hydrogens is 733 g/mol. The quantitative estimate of drug-likeness (QED) is 0.284. The van der Waals surface area contributed by atoms with Crippen molar-refractivity contribution in [1.82, 2.24) is 4.57 Å². The molecule has 1 aliphatic heterocycles. The van der Waals surface area contributed by atoms with Gasteiger partial charge in [0.2, 0.25) is 0 Å². The van der Waals surface area contributed by atoms with E-state index in [-0.39, 0.29) is 33.9 Å². The van der Waals surface area contributed by atoms with E-state index in [4.69, 9.17) is 25.8 Å². The van der Waals surface area contributed by atoms with Gasteiger partial charge in [-0.3, -0.25) is 9.36 Å². The van der Waals surface area contributed by atoms with Crippen LogP contribution in [0.25, 0.3) is 6.08 Å². The van der Waals surface area contributed by atoms with Crippen LogP contribution in [0, 0.1) is 0 Å². The Morgan fingerprint density at radius 1 is 1.12 bits per heavy atom. The van der Waals surface area contributed by atoms with Crippen molar-refractivity contribution in [2.24, 2.45) is 4.99 Å². The van der Waals surface area contributed by atoms with Crippen molar-refractivity contribution in [1.29, 1.82) is 0 Å². The van der Waals surface area contributed by atoms with Crippen LogP contribution in [-0.2, 0) is 19.1 Å². The summed E-state index contributed by atoms with van der Waals surface area (Å²) >= 11 is 13.4. The van der Waals surface area contributed by atoms with Crippen LogP contribution in [0.1, 0.15) is 31.0 Å². The largest absolute Gasteiger partial charge is 0.480 e. The predicted octanol–water partition coefficient (Wildman–Crippen LogP) is 5.46. The molecule has 0 amide bonds. The van der Waals surface area contributed by atoms with Crippen molar-refractivity contribution < 1.29 is 37.0 Å². The zero-order chi connectivity index (χ0) is 30.8. The molecule has 0 N–H and O–H groups in total. The average Bonchev–Trinajstić information content (AvgIpc) is 3.22. The first-order chi connectivity index (χ1) is 19.8. The number of fused-ring (bicyclic) bond motifs is 1. The van der Waals surface area contributed by atoms with Crippen LogP contribution >= 0.6 is 54.8 Å². The molecule has 0 aliphatic carbocycles. The van der Waals surface area contributed by atoms with Gasteiger partial charge >= 0.3 is 18.1 Å². The molecule has 0 unspecified atom stereocenters. The van der Waals surface area contributed by atoms with Gasteiger partial charge in [0.1, 0.15) is 5.75 Å². The number of halogens is 6. The Balaban J connectivity index is 1.98. The SMILES string of the molecule is CCOC(=O)COc1c(Br)cc(Br)cc1/C=c1\sc2n(c1=O)[C@@H](c1ccc(Cl)cc1)C(C(=O)OCC)=C(C(F)(F)F)N=2. The topological polar surface area (TPSA) is 96.2 Å². The lowest BCUT2D eigenvalue weighted by atomic mass is 9.95. The van der Waals surface area contributed by atoms with Crippen LogP contribution in [-0.4, -0.2) is 42.5 Å². The van der Waals surface area contributed by atoms with Gasteiger partial charge in [-0.2, -0.15) is 13.2 Å². The van der Waals surface area contributed by atoms with Gasteiger partial charge in [-0.1, -0.05) is 51.0 Å². The molecule has 8 nitrogen and oxygen atoms in total. The number of nitrogens with zero attached hydrogens (tertiary/aromatic N) is 2. The van der Waals surface area contributed by atoms with Gasteiger partial charge in [0, 0.05) is 15.1 Å². The van der Waals surface area contributed by atoms with Gasteiger partial charge in [-0.25, -0.2) is 14.6 Å². The third-order valence-corrected chi connectivity index (χ3v) is 8.03. The smallest absolute Gasteiger partial charge is 0.434 e. The Bertz CT molecular complexity index is 1750. The standard InChI is InChI=1S/C27H20Br2ClF3N2O6S/c1-3-39-19(36)12-41-22-14(9-15(28)11-17(22)29)10-18-24(37)35-21(13-5-7-16(30)8-6-13)20(25(38)40-4-2)23(27(31,32)33)34-26(35)42-18/h5-11,21H,3-4,12H2,1-2H3/b18-10-/t21-/m0/s1. The summed E-state index contributed by atoms with van der Waals surface area (Å²) < 4.78 is 60.5. The average molecular weight is 753 g/mol. The lowest BCUT2D eigenvalue weighted by molar-refractivity contribution is -0.145.